The van der Waals surface area contributed by atoms with Gasteiger partial charge in [0.1, 0.15) is 0 Å². The molecule has 0 bridgehead atoms. The van der Waals surface area contributed by atoms with Crippen molar-refractivity contribution < 1.29 is 9.32 Å². The summed E-state index contributed by atoms with van der Waals surface area (Å²) in [7, 11) is 0. The quantitative estimate of drug-likeness (QED) is 0.778. The van der Waals surface area contributed by atoms with E-state index in [4.69, 9.17) is 4.52 Å². The van der Waals surface area contributed by atoms with E-state index in [0.717, 1.165) is 19.4 Å². The van der Waals surface area contributed by atoms with Gasteiger partial charge < -0.3 is 15.2 Å². The molecular weight excluding hydrogens is 220 g/mol. The highest BCUT2D eigenvalue weighted by atomic mass is 16.5. The number of nitrogens with zero attached hydrogens (tertiary/aromatic N) is 2. The van der Waals surface area contributed by atoms with E-state index in [9.17, 15) is 4.79 Å². The minimum atomic E-state index is 0.133. The van der Waals surface area contributed by atoms with Crippen molar-refractivity contribution in [2.75, 3.05) is 13.1 Å². The van der Waals surface area contributed by atoms with Crippen LogP contribution in [0.3, 0.4) is 0 Å². The molecule has 1 aromatic rings. The Bertz CT molecular complexity index is 352. The van der Waals surface area contributed by atoms with Crippen LogP contribution in [0.15, 0.2) is 10.9 Å². The molecule has 17 heavy (non-hydrogen) atoms. The highest BCUT2D eigenvalue weighted by molar-refractivity contribution is 5.78. The van der Waals surface area contributed by atoms with Crippen LogP contribution in [-0.2, 0) is 11.2 Å². The van der Waals surface area contributed by atoms with Gasteiger partial charge in [0.2, 0.25) is 11.8 Å². The fourth-order valence-corrected chi connectivity index (χ4v) is 2.11. The Kier molecular flexibility index (Phi) is 4.08. The molecule has 2 unspecified atom stereocenters. The fraction of sp³-hybridized carbons (Fsp3) is 0.727. The van der Waals surface area contributed by atoms with E-state index in [0.29, 0.717) is 24.9 Å². The van der Waals surface area contributed by atoms with Gasteiger partial charge in [0.05, 0.1) is 0 Å². The molecule has 6 nitrogen and oxygen atoms in total. The molecule has 2 heterocycles. The lowest BCUT2D eigenvalue weighted by atomic mass is 9.92. The first-order valence-corrected chi connectivity index (χ1v) is 6.02. The Morgan fingerprint density at radius 2 is 2.59 bits per heavy atom. The lowest BCUT2D eigenvalue weighted by Gasteiger charge is -2.26. The predicted octanol–water partition coefficient (Wildman–Crippen LogP) is 0.116. The number of nitrogens with one attached hydrogen (secondary N) is 2. The normalized spacial score (nSPS) is 24.5. The second kappa shape index (κ2) is 5.77. The molecule has 1 fully saturated rings. The van der Waals surface area contributed by atoms with Gasteiger partial charge in [-0.05, 0) is 26.3 Å². The number of hydrogen-bond donors (Lipinski definition) is 2. The summed E-state index contributed by atoms with van der Waals surface area (Å²) in [6.07, 6.45) is 3.78. The maximum Gasteiger partial charge on any atom is 0.228 e. The molecule has 0 spiro atoms. The van der Waals surface area contributed by atoms with Crippen molar-refractivity contribution in [3.63, 3.8) is 0 Å². The van der Waals surface area contributed by atoms with Crippen LogP contribution in [0.5, 0.6) is 0 Å². The molecule has 0 radical (unpaired) electrons. The zero-order chi connectivity index (χ0) is 12.1. The molecule has 1 aliphatic heterocycles. The van der Waals surface area contributed by atoms with Crippen LogP contribution in [0.4, 0.5) is 0 Å². The van der Waals surface area contributed by atoms with Crippen LogP contribution >= 0.6 is 0 Å². The maximum absolute atomic E-state index is 11.9. The number of hydrogen-bond acceptors (Lipinski definition) is 5. The summed E-state index contributed by atoms with van der Waals surface area (Å²) < 4.78 is 4.86. The molecule has 1 aromatic heterocycles. The van der Waals surface area contributed by atoms with Crippen molar-refractivity contribution in [1.82, 2.24) is 20.8 Å². The van der Waals surface area contributed by atoms with Gasteiger partial charge in [-0.15, -0.1) is 0 Å². The molecule has 1 aliphatic rings. The zero-order valence-corrected chi connectivity index (χ0v) is 9.98. The molecule has 2 atom stereocenters. The Balaban J connectivity index is 1.70. The first-order chi connectivity index (χ1) is 8.25. The Labute approximate surface area is 100 Å². The first-order valence-electron chi connectivity index (χ1n) is 6.02. The highest BCUT2D eigenvalue weighted by Gasteiger charge is 2.24. The number of carbonyl (C=O) groups excluding carboxylic acids is 1. The van der Waals surface area contributed by atoms with Gasteiger partial charge in [-0.1, -0.05) is 5.16 Å². The largest absolute Gasteiger partial charge is 0.355 e. The van der Waals surface area contributed by atoms with Gasteiger partial charge >= 0.3 is 0 Å². The summed E-state index contributed by atoms with van der Waals surface area (Å²) in [4.78, 5) is 15.8. The third kappa shape index (κ3) is 3.52. The van der Waals surface area contributed by atoms with Crippen molar-refractivity contribution >= 4 is 5.91 Å². The van der Waals surface area contributed by atoms with E-state index >= 15 is 0 Å². The summed E-state index contributed by atoms with van der Waals surface area (Å²) in [5.74, 6) is 0.829. The molecule has 2 N–H and O–H groups in total. The van der Waals surface area contributed by atoms with E-state index in [-0.39, 0.29) is 11.8 Å². The van der Waals surface area contributed by atoms with E-state index in [1.54, 1.807) is 0 Å². The molecule has 6 heteroatoms. The number of rotatable bonds is 4. The zero-order valence-electron chi connectivity index (χ0n) is 9.98. The molecule has 1 amide bonds. The number of amides is 1. The van der Waals surface area contributed by atoms with Gasteiger partial charge in [-0.25, -0.2) is 0 Å². The third-order valence-corrected chi connectivity index (χ3v) is 3.04. The monoisotopic (exact) mass is 238 g/mol. The molecule has 1 saturated heterocycles. The smallest absolute Gasteiger partial charge is 0.228 e. The summed E-state index contributed by atoms with van der Waals surface area (Å²) in [5, 5.41) is 9.76. The minimum Gasteiger partial charge on any atom is -0.355 e. The van der Waals surface area contributed by atoms with Gasteiger partial charge in [0.25, 0.3) is 0 Å². The number of aromatic nitrogens is 2. The van der Waals surface area contributed by atoms with Gasteiger partial charge in [0, 0.05) is 24.9 Å². The maximum atomic E-state index is 11.9. The van der Waals surface area contributed by atoms with E-state index < -0.39 is 0 Å². The van der Waals surface area contributed by atoms with Crippen molar-refractivity contribution in [2.45, 2.75) is 32.2 Å². The van der Waals surface area contributed by atoms with Crippen LogP contribution in [0.25, 0.3) is 0 Å². The SMILES string of the molecule is CC1CC(C(=O)NCCc2ncno2)CCN1. The van der Waals surface area contributed by atoms with Crippen LogP contribution < -0.4 is 10.6 Å². The molecule has 0 saturated carbocycles. The minimum absolute atomic E-state index is 0.133. The first kappa shape index (κ1) is 12.0. The van der Waals surface area contributed by atoms with E-state index in [1.807, 2.05) is 0 Å². The molecule has 94 valence electrons. The topological polar surface area (TPSA) is 80.1 Å². The van der Waals surface area contributed by atoms with Crippen LogP contribution in [0, 0.1) is 5.92 Å². The lowest BCUT2D eigenvalue weighted by Crippen LogP contribution is -2.42. The Hall–Kier alpha value is -1.43. The second-order valence-corrected chi connectivity index (χ2v) is 4.45. The number of carbonyl (C=O) groups is 1. The summed E-state index contributed by atoms with van der Waals surface area (Å²) in [5.41, 5.74) is 0. The van der Waals surface area contributed by atoms with Gasteiger partial charge in [-0.3, -0.25) is 4.79 Å². The molecule has 0 aromatic carbocycles. The van der Waals surface area contributed by atoms with Gasteiger partial charge in [-0.2, -0.15) is 4.98 Å². The van der Waals surface area contributed by atoms with Gasteiger partial charge in [0.15, 0.2) is 6.33 Å². The summed E-state index contributed by atoms with van der Waals surface area (Å²) in [6.45, 7) is 3.58. The van der Waals surface area contributed by atoms with Crippen LogP contribution in [-0.4, -0.2) is 35.2 Å². The third-order valence-electron chi connectivity index (χ3n) is 3.04. The molecular formula is C11H18N4O2. The van der Waals surface area contributed by atoms with Crippen molar-refractivity contribution in [3.8, 4) is 0 Å². The standard InChI is InChI=1S/C11H18N4O2/c1-8-6-9(2-4-12-8)11(16)13-5-3-10-14-7-15-17-10/h7-9,12H,2-6H2,1H3,(H,13,16). The number of piperidine rings is 1. The Morgan fingerprint density at radius 1 is 1.71 bits per heavy atom. The van der Waals surface area contributed by atoms with E-state index in [1.165, 1.54) is 6.33 Å². The summed E-state index contributed by atoms with van der Waals surface area (Å²) >= 11 is 0. The second-order valence-electron chi connectivity index (χ2n) is 4.45. The van der Waals surface area contributed by atoms with Crippen LogP contribution in [0.2, 0.25) is 0 Å². The molecule has 2 rings (SSSR count). The Morgan fingerprint density at radius 3 is 3.29 bits per heavy atom. The van der Waals surface area contributed by atoms with E-state index in [2.05, 4.69) is 27.7 Å². The lowest BCUT2D eigenvalue weighted by molar-refractivity contribution is -0.126. The predicted molar refractivity (Wildman–Crippen MR) is 61.2 cm³/mol. The van der Waals surface area contributed by atoms with Crippen molar-refractivity contribution in [1.29, 1.82) is 0 Å². The highest BCUT2D eigenvalue weighted by Crippen LogP contribution is 2.15. The van der Waals surface area contributed by atoms with Crippen molar-refractivity contribution in [3.05, 3.63) is 12.2 Å². The average Bonchev–Trinajstić information content (AvgIpc) is 2.82. The molecule has 0 aliphatic carbocycles. The van der Waals surface area contributed by atoms with Crippen LogP contribution in [0.1, 0.15) is 25.7 Å². The average molecular weight is 238 g/mol. The fourth-order valence-electron chi connectivity index (χ4n) is 2.11. The summed E-state index contributed by atoms with van der Waals surface area (Å²) in [6, 6.07) is 0.426. The van der Waals surface area contributed by atoms with Crippen molar-refractivity contribution in [2.24, 2.45) is 5.92 Å².